The monoisotopic (exact) mass is 440 g/mol. The highest BCUT2D eigenvalue weighted by Crippen LogP contribution is 2.38. The molecular weight excluding hydrogens is 420 g/mol. The SMILES string of the molecule is CCOC(=O)c1c(N2CCOCC2)nc2ccc(Br)cc2c1-c1ccccc1. The van der Waals surface area contributed by atoms with Gasteiger partial charge in [0.25, 0.3) is 0 Å². The molecule has 1 saturated heterocycles. The van der Waals surface area contributed by atoms with E-state index in [4.69, 9.17) is 14.5 Å². The molecule has 1 aliphatic rings. The average molecular weight is 441 g/mol. The van der Waals surface area contributed by atoms with Crippen LogP contribution in [-0.2, 0) is 9.47 Å². The Morgan fingerprint density at radius 1 is 1.18 bits per heavy atom. The lowest BCUT2D eigenvalue weighted by molar-refractivity contribution is 0.0527. The number of fused-ring (bicyclic) bond motifs is 1. The van der Waals surface area contributed by atoms with Crippen LogP contribution in [0.2, 0.25) is 0 Å². The van der Waals surface area contributed by atoms with Gasteiger partial charge in [0.05, 0.1) is 25.3 Å². The predicted octanol–water partition coefficient (Wildman–Crippen LogP) is 4.68. The first-order valence-electron chi connectivity index (χ1n) is 9.37. The molecule has 0 spiro atoms. The summed E-state index contributed by atoms with van der Waals surface area (Å²) in [5.41, 5.74) is 3.18. The fourth-order valence-electron chi connectivity index (χ4n) is 3.53. The molecule has 0 unspecified atom stereocenters. The number of carbonyl (C=O) groups excluding carboxylic acids is 1. The summed E-state index contributed by atoms with van der Waals surface area (Å²) in [6, 6.07) is 15.9. The van der Waals surface area contributed by atoms with Crippen molar-refractivity contribution < 1.29 is 14.3 Å². The largest absolute Gasteiger partial charge is 0.462 e. The van der Waals surface area contributed by atoms with Crippen LogP contribution in [0.15, 0.2) is 53.0 Å². The Kier molecular flexibility index (Phi) is 5.59. The van der Waals surface area contributed by atoms with Gasteiger partial charge < -0.3 is 14.4 Å². The van der Waals surface area contributed by atoms with E-state index in [1.807, 2.05) is 55.5 Å². The number of hydrogen-bond acceptors (Lipinski definition) is 5. The standard InChI is InChI=1S/C22H21BrN2O3/c1-2-28-22(26)20-19(15-6-4-3-5-7-15)17-14-16(23)8-9-18(17)24-21(20)25-10-12-27-13-11-25/h3-9,14H,2,10-13H2,1H3. The fourth-order valence-corrected chi connectivity index (χ4v) is 3.89. The smallest absolute Gasteiger partial charge is 0.342 e. The molecule has 0 aliphatic carbocycles. The number of rotatable bonds is 4. The fraction of sp³-hybridized carbons (Fsp3) is 0.273. The molecule has 2 aromatic carbocycles. The second kappa shape index (κ2) is 8.29. The summed E-state index contributed by atoms with van der Waals surface area (Å²) in [6.45, 7) is 4.74. The van der Waals surface area contributed by atoms with Crippen molar-refractivity contribution in [2.24, 2.45) is 0 Å². The zero-order valence-electron chi connectivity index (χ0n) is 15.7. The predicted molar refractivity (Wildman–Crippen MR) is 114 cm³/mol. The minimum atomic E-state index is -0.350. The Morgan fingerprint density at radius 2 is 1.93 bits per heavy atom. The Balaban J connectivity index is 2.06. The van der Waals surface area contributed by atoms with Crippen molar-refractivity contribution in [3.63, 3.8) is 0 Å². The maximum atomic E-state index is 13.1. The van der Waals surface area contributed by atoms with Gasteiger partial charge in [0, 0.05) is 28.5 Å². The van der Waals surface area contributed by atoms with Crippen LogP contribution in [0.4, 0.5) is 5.82 Å². The lowest BCUT2D eigenvalue weighted by Gasteiger charge is -2.30. The highest BCUT2D eigenvalue weighted by Gasteiger charge is 2.27. The molecule has 5 nitrogen and oxygen atoms in total. The molecule has 0 bridgehead atoms. The van der Waals surface area contributed by atoms with Crippen LogP contribution >= 0.6 is 15.9 Å². The molecule has 2 heterocycles. The van der Waals surface area contributed by atoms with Gasteiger partial charge in [-0.15, -0.1) is 0 Å². The Bertz CT molecular complexity index is 1000. The first kappa shape index (κ1) is 18.9. The summed E-state index contributed by atoms with van der Waals surface area (Å²) >= 11 is 3.56. The molecule has 0 atom stereocenters. The van der Waals surface area contributed by atoms with Crippen LogP contribution in [-0.4, -0.2) is 43.9 Å². The summed E-state index contributed by atoms with van der Waals surface area (Å²) in [6.07, 6.45) is 0. The highest BCUT2D eigenvalue weighted by molar-refractivity contribution is 9.10. The maximum absolute atomic E-state index is 13.1. The normalized spacial score (nSPS) is 14.3. The first-order valence-corrected chi connectivity index (χ1v) is 10.2. The summed E-state index contributed by atoms with van der Waals surface area (Å²) in [5.74, 6) is 0.313. The van der Waals surface area contributed by atoms with Crippen LogP contribution in [0.25, 0.3) is 22.0 Å². The van der Waals surface area contributed by atoms with Crippen molar-refractivity contribution in [2.75, 3.05) is 37.8 Å². The van der Waals surface area contributed by atoms with Crippen LogP contribution < -0.4 is 4.90 Å². The maximum Gasteiger partial charge on any atom is 0.342 e. The number of esters is 1. The minimum Gasteiger partial charge on any atom is -0.462 e. The molecule has 28 heavy (non-hydrogen) atoms. The molecule has 0 N–H and O–H groups in total. The lowest BCUT2D eigenvalue weighted by Crippen LogP contribution is -2.38. The van der Waals surface area contributed by atoms with Gasteiger partial charge in [0.1, 0.15) is 11.4 Å². The van der Waals surface area contributed by atoms with Crippen molar-refractivity contribution in [2.45, 2.75) is 6.92 Å². The molecule has 0 saturated carbocycles. The summed E-state index contributed by atoms with van der Waals surface area (Å²) in [7, 11) is 0. The van der Waals surface area contributed by atoms with E-state index in [0.29, 0.717) is 44.3 Å². The molecule has 4 rings (SSSR count). The number of hydrogen-bond donors (Lipinski definition) is 0. The van der Waals surface area contributed by atoms with Crippen molar-refractivity contribution in [1.82, 2.24) is 4.98 Å². The molecule has 1 fully saturated rings. The molecule has 0 amide bonds. The number of aromatic nitrogens is 1. The van der Waals surface area contributed by atoms with Gasteiger partial charge in [-0.2, -0.15) is 0 Å². The van der Waals surface area contributed by atoms with Gasteiger partial charge in [0.15, 0.2) is 0 Å². The molecule has 144 valence electrons. The number of carbonyl (C=O) groups is 1. The highest BCUT2D eigenvalue weighted by atomic mass is 79.9. The number of anilines is 1. The summed E-state index contributed by atoms with van der Waals surface area (Å²) < 4.78 is 11.9. The zero-order chi connectivity index (χ0) is 19.5. The number of pyridine rings is 1. The van der Waals surface area contributed by atoms with E-state index in [1.165, 1.54) is 0 Å². The third kappa shape index (κ3) is 3.62. The van der Waals surface area contributed by atoms with Crippen LogP contribution in [0.1, 0.15) is 17.3 Å². The van der Waals surface area contributed by atoms with E-state index in [-0.39, 0.29) is 5.97 Å². The van der Waals surface area contributed by atoms with E-state index < -0.39 is 0 Å². The zero-order valence-corrected chi connectivity index (χ0v) is 17.2. The molecule has 0 radical (unpaired) electrons. The Labute approximate surface area is 172 Å². The quantitative estimate of drug-likeness (QED) is 0.551. The lowest BCUT2D eigenvalue weighted by atomic mass is 9.95. The van der Waals surface area contributed by atoms with Gasteiger partial charge in [-0.3, -0.25) is 0 Å². The van der Waals surface area contributed by atoms with Crippen molar-refractivity contribution in [3.8, 4) is 11.1 Å². The van der Waals surface area contributed by atoms with E-state index in [0.717, 1.165) is 26.5 Å². The van der Waals surface area contributed by atoms with Crippen molar-refractivity contribution >= 4 is 38.6 Å². The summed E-state index contributed by atoms with van der Waals surface area (Å²) in [5, 5.41) is 0.917. The second-order valence-electron chi connectivity index (χ2n) is 6.53. The van der Waals surface area contributed by atoms with Gasteiger partial charge in [-0.05, 0) is 30.7 Å². The number of ether oxygens (including phenoxy) is 2. The number of nitrogens with zero attached hydrogens (tertiary/aromatic N) is 2. The number of halogens is 1. The molecule has 3 aromatic rings. The summed E-state index contributed by atoms with van der Waals surface area (Å²) in [4.78, 5) is 20.1. The second-order valence-corrected chi connectivity index (χ2v) is 7.45. The minimum absolute atomic E-state index is 0.312. The van der Waals surface area contributed by atoms with Crippen molar-refractivity contribution in [3.05, 3.63) is 58.6 Å². The first-order chi connectivity index (χ1) is 13.7. The Hall–Kier alpha value is -2.44. The van der Waals surface area contributed by atoms with Gasteiger partial charge in [-0.1, -0.05) is 46.3 Å². The van der Waals surface area contributed by atoms with Gasteiger partial charge >= 0.3 is 5.97 Å². The molecule has 1 aliphatic heterocycles. The van der Waals surface area contributed by atoms with E-state index in [1.54, 1.807) is 0 Å². The van der Waals surface area contributed by atoms with Crippen LogP contribution in [0.3, 0.4) is 0 Å². The third-order valence-corrected chi connectivity index (χ3v) is 5.27. The third-order valence-electron chi connectivity index (χ3n) is 4.78. The van der Waals surface area contributed by atoms with Crippen LogP contribution in [0.5, 0.6) is 0 Å². The molecular formula is C22H21BrN2O3. The van der Waals surface area contributed by atoms with E-state index in [2.05, 4.69) is 20.8 Å². The molecule has 6 heteroatoms. The average Bonchev–Trinajstić information content (AvgIpc) is 2.74. The van der Waals surface area contributed by atoms with Gasteiger partial charge in [0.2, 0.25) is 0 Å². The Morgan fingerprint density at radius 3 is 2.64 bits per heavy atom. The number of benzene rings is 2. The van der Waals surface area contributed by atoms with Crippen LogP contribution in [0, 0.1) is 0 Å². The van der Waals surface area contributed by atoms with E-state index >= 15 is 0 Å². The topological polar surface area (TPSA) is 51.7 Å². The number of morpholine rings is 1. The van der Waals surface area contributed by atoms with E-state index in [9.17, 15) is 4.79 Å². The molecule has 1 aromatic heterocycles. The van der Waals surface area contributed by atoms with Gasteiger partial charge in [-0.25, -0.2) is 9.78 Å². The van der Waals surface area contributed by atoms with Crippen molar-refractivity contribution in [1.29, 1.82) is 0 Å².